The molecule has 1 aliphatic rings. The summed E-state index contributed by atoms with van der Waals surface area (Å²) in [4.78, 5) is 10.6. The molecule has 0 spiro atoms. The van der Waals surface area contributed by atoms with Crippen molar-refractivity contribution in [1.82, 2.24) is 0 Å². The third-order valence-electron chi connectivity index (χ3n) is 0.871. The van der Waals surface area contributed by atoms with Gasteiger partial charge in [0.1, 0.15) is 17.9 Å². The Balaban J connectivity index is 2.94. The molecule has 0 atom stereocenters. The molecule has 1 aliphatic heterocycles. The van der Waals surface area contributed by atoms with Crippen LogP contribution in [0.15, 0.2) is 12.2 Å². The van der Waals surface area contributed by atoms with Gasteiger partial charge < -0.3 is 4.74 Å². The summed E-state index contributed by atoms with van der Waals surface area (Å²) in [6, 6.07) is 0. The first kappa shape index (κ1) is 6.22. The van der Waals surface area contributed by atoms with Crippen molar-refractivity contribution in [3.8, 4) is 0 Å². The first-order valence-corrected chi connectivity index (χ1v) is 3.09. The van der Waals surface area contributed by atoms with E-state index in [4.69, 9.17) is 0 Å². The van der Waals surface area contributed by atoms with E-state index in [-0.39, 0.29) is 22.7 Å². The van der Waals surface area contributed by atoms with Crippen LogP contribution in [-0.2, 0) is 20.8 Å². The zero-order chi connectivity index (χ0) is 6.69. The fraction of sp³-hybridized carbons (Fsp3) is 0.200. The molecule has 0 bridgehead atoms. The average Bonchev–Trinajstić information content (AvgIpc) is 1.89. The van der Waals surface area contributed by atoms with E-state index in [0.717, 1.165) is 0 Å². The third kappa shape index (κ3) is 1.26. The molecule has 0 N–H and O–H groups in total. The van der Waals surface area contributed by atoms with Crippen LogP contribution in [0, 0.1) is 0 Å². The first-order chi connectivity index (χ1) is 4.34. The van der Waals surface area contributed by atoms with E-state index in [0.29, 0.717) is 0 Å². The van der Waals surface area contributed by atoms with Crippen LogP contribution in [0.25, 0.3) is 0 Å². The maximum atomic E-state index is 10.5. The molecule has 0 aromatic carbocycles. The van der Waals surface area contributed by atoms with E-state index in [2.05, 4.69) is 4.74 Å². The summed E-state index contributed by atoms with van der Waals surface area (Å²) in [6.45, 7) is 0.281. The highest BCUT2D eigenvalue weighted by molar-refractivity contribution is 7.69. The summed E-state index contributed by atoms with van der Waals surface area (Å²) in [7, 11) is 0. The van der Waals surface area contributed by atoms with Crippen LogP contribution in [0.1, 0.15) is 0 Å². The van der Waals surface area contributed by atoms with Crippen molar-refractivity contribution in [3.05, 3.63) is 12.2 Å². The van der Waals surface area contributed by atoms with Gasteiger partial charge in [0.05, 0.1) is 0 Å². The molecule has 1 heterocycles. The van der Waals surface area contributed by atoms with Crippen molar-refractivity contribution in [2.45, 2.75) is 0 Å². The van der Waals surface area contributed by atoms with Gasteiger partial charge in [-0.25, -0.2) is 9.00 Å². The molecule has 0 radical (unpaired) electrons. The molecule has 4 heteroatoms. The molecule has 0 fully saturated rings. The highest BCUT2D eigenvalue weighted by Gasteiger charge is 2.11. The summed E-state index contributed by atoms with van der Waals surface area (Å²) in [5.74, 6) is -0.516. The van der Waals surface area contributed by atoms with Crippen LogP contribution in [0.5, 0.6) is 0 Å². The van der Waals surface area contributed by atoms with Crippen molar-refractivity contribution in [3.63, 3.8) is 0 Å². The summed E-state index contributed by atoms with van der Waals surface area (Å²) in [6.07, 6.45) is 3.10. The number of cyclic esters (lactones) is 1. The lowest BCUT2D eigenvalue weighted by Gasteiger charge is -2.02. The quantitative estimate of drug-likeness (QED) is 0.339. The lowest BCUT2D eigenvalue weighted by atomic mass is 10.3. The highest BCUT2D eigenvalue weighted by atomic mass is 32.1. The van der Waals surface area contributed by atoms with E-state index in [1.165, 1.54) is 6.08 Å². The minimum Gasteiger partial charge on any atom is -0.457 e. The second-order valence-electron chi connectivity index (χ2n) is 1.45. The van der Waals surface area contributed by atoms with Crippen molar-refractivity contribution >= 4 is 22.1 Å². The van der Waals surface area contributed by atoms with E-state index in [9.17, 15) is 9.00 Å². The van der Waals surface area contributed by atoms with E-state index < -0.39 is 5.97 Å². The fourth-order valence-corrected chi connectivity index (χ4v) is 0.759. The number of carbonyl (C=O) groups is 1. The van der Waals surface area contributed by atoms with Gasteiger partial charge in [0, 0.05) is 0 Å². The van der Waals surface area contributed by atoms with Crippen molar-refractivity contribution in [2.24, 2.45) is 0 Å². The Labute approximate surface area is 55.4 Å². The molecule has 3 nitrogen and oxygen atoms in total. The summed E-state index contributed by atoms with van der Waals surface area (Å²) in [5, 5.41) is 0. The zero-order valence-electron chi connectivity index (χ0n) is 4.49. The standard InChI is InChI=1S/C5H4O3S/c6-5-4(9-7)2-1-3-8-5/h1-2H,3H2. The Morgan fingerprint density at radius 2 is 2.44 bits per heavy atom. The SMILES string of the molecule is O=S=C1C=CCOC1=O. The molecule has 9 heavy (non-hydrogen) atoms. The molecule has 0 unspecified atom stereocenters. The Bertz CT molecular complexity index is 212. The topological polar surface area (TPSA) is 43.4 Å². The molecule has 48 valence electrons. The van der Waals surface area contributed by atoms with Gasteiger partial charge >= 0.3 is 5.97 Å². The molecular weight excluding hydrogens is 140 g/mol. The van der Waals surface area contributed by atoms with Gasteiger partial charge in [-0.15, -0.1) is 0 Å². The number of hydrogen-bond acceptors (Lipinski definition) is 3. The van der Waals surface area contributed by atoms with Gasteiger partial charge in [-0.2, -0.15) is 0 Å². The first-order valence-electron chi connectivity index (χ1n) is 2.35. The van der Waals surface area contributed by atoms with E-state index >= 15 is 0 Å². The molecule has 0 saturated carbocycles. The predicted octanol–water partition coefficient (Wildman–Crippen LogP) is -0.515. The van der Waals surface area contributed by atoms with Crippen molar-refractivity contribution in [1.29, 1.82) is 0 Å². The van der Waals surface area contributed by atoms with Gasteiger partial charge in [-0.1, -0.05) is 0 Å². The van der Waals surface area contributed by atoms with Crippen LogP contribution in [0.3, 0.4) is 0 Å². The lowest BCUT2D eigenvalue weighted by molar-refractivity contribution is -0.134. The van der Waals surface area contributed by atoms with Gasteiger partial charge in [-0.3, -0.25) is 0 Å². The number of hydrogen-bond donors (Lipinski definition) is 0. The van der Waals surface area contributed by atoms with Crippen LogP contribution >= 0.6 is 0 Å². The molecule has 0 aliphatic carbocycles. The Hall–Kier alpha value is -0.900. The number of rotatable bonds is 0. The minimum atomic E-state index is -0.516. The molecule has 0 aromatic heterocycles. The highest BCUT2D eigenvalue weighted by Crippen LogP contribution is 1.91. The molecule has 0 saturated heterocycles. The van der Waals surface area contributed by atoms with Crippen LogP contribution < -0.4 is 0 Å². The Morgan fingerprint density at radius 3 is 2.89 bits per heavy atom. The summed E-state index contributed by atoms with van der Waals surface area (Å²) >= 11 is 0.159. The van der Waals surface area contributed by atoms with Gasteiger partial charge in [-0.05, 0) is 12.2 Å². The van der Waals surface area contributed by atoms with Gasteiger partial charge in [0.2, 0.25) is 0 Å². The molecule has 1 rings (SSSR count). The normalized spacial score (nSPS) is 17.3. The van der Waals surface area contributed by atoms with Crippen LogP contribution in [0.2, 0.25) is 0 Å². The average molecular weight is 144 g/mol. The van der Waals surface area contributed by atoms with Crippen LogP contribution in [0.4, 0.5) is 0 Å². The monoisotopic (exact) mass is 144 g/mol. The van der Waals surface area contributed by atoms with E-state index in [1.54, 1.807) is 6.08 Å². The van der Waals surface area contributed by atoms with E-state index in [1.807, 2.05) is 0 Å². The largest absolute Gasteiger partial charge is 0.457 e. The molecule has 0 aromatic rings. The zero-order valence-corrected chi connectivity index (χ0v) is 5.31. The third-order valence-corrected chi connectivity index (χ3v) is 1.35. The smallest absolute Gasteiger partial charge is 0.351 e. The van der Waals surface area contributed by atoms with Gasteiger partial charge in [0.25, 0.3) is 0 Å². The van der Waals surface area contributed by atoms with Crippen molar-refractivity contribution in [2.75, 3.05) is 6.61 Å². The summed E-state index contributed by atoms with van der Waals surface area (Å²) in [5.41, 5.74) is 0. The minimum absolute atomic E-state index is 0.126. The van der Waals surface area contributed by atoms with Gasteiger partial charge in [0.15, 0.2) is 4.86 Å². The molecule has 0 amide bonds. The number of carbonyl (C=O) groups excluding carboxylic acids is 1. The second-order valence-corrected chi connectivity index (χ2v) is 2.05. The van der Waals surface area contributed by atoms with Crippen molar-refractivity contribution < 1.29 is 13.7 Å². The summed E-state index contributed by atoms with van der Waals surface area (Å²) < 4.78 is 14.5. The predicted molar refractivity (Wildman–Crippen MR) is 33.2 cm³/mol. The maximum Gasteiger partial charge on any atom is 0.351 e. The number of esters is 1. The fourth-order valence-electron chi connectivity index (χ4n) is 0.480. The second kappa shape index (κ2) is 2.59. The lowest BCUT2D eigenvalue weighted by Crippen LogP contribution is -2.19. The number of ether oxygens (including phenoxy) is 1. The molecular formula is C5H4O3S. The van der Waals surface area contributed by atoms with Crippen LogP contribution in [-0.4, -0.2) is 21.6 Å². The Morgan fingerprint density at radius 1 is 1.67 bits per heavy atom. The maximum absolute atomic E-state index is 10.5. The Kier molecular flexibility index (Phi) is 1.79.